The van der Waals surface area contributed by atoms with E-state index in [9.17, 15) is 28.8 Å². The largest absolute Gasteiger partial charge is 0.494 e. The molecule has 0 bridgehead atoms. The van der Waals surface area contributed by atoms with Gasteiger partial charge in [0.05, 0.1) is 46.8 Å². The lowest BCUT2D eigenvalue weighted by molar-refractivity contribution is -0.127. The van der Waals surface area contributed by atoms with Crippen molar-refractivity contribution in [2.24, 2.45) is 20.5 Å². The summed E-state index contributed by atoms with van der Waals surface area (Å²) >= 11 is 24.7. The van der Waals surface area contributed by atoms with E-state index in [1.54, 1.807) is 48.5 Å². The topological polar surface area (TPSA) is 218 Å². The van der Waals surface area contributed by atoms with Crippen LogP contribution >= 0.6 is 46.4 Å². The van der Waals surface area contributed by atoms with Gasteiger partial charge in [-0.1, -0.05) is 59.6 Å². The van der Waals surface area contributed by atoms with Crippen LogP contribution in [0.1, 0.15) is 45.7 Å². The molecule has 0 aliphatic rings. The van der Waals surface area contributed by atoms with Gasteiger partial charge >= 0.3 is 0 Å². The maximum atomic E-state index is 13.5. The number of nitrogens with one attached hydrogen (secondary N) is 4. The fourth-order valence-electron chi connectivity index (χ4n) is 5.79. The molecule has 20 heteroatoms. The number of rotatable bonds is 18. The van der Waals surface area contributed by atoms with E-state index in [-0.39, 0.29) is 67.2 Å². The van der Waals surface area contributed by atoms with E-state index < -0.39 is 47.3 Å². The molecule has 0 aliphatic heterocycles. The van der Waals surface area contributed by atoms with Gasteiger partial charge in [0.25, 0.3) is 23.6 Å². The number of carbonyl (C=O) groups is 6. The van der Waals surface area contributed by atoms with Crippen molar-refractivity contribution < 1.29 is 38.2 Å². The van der Waals surface area contributed by atoms with Crippen LogP contribution in [0.5, 0.6) is 11.5 Å². The number of amides is 4. The number of carbonyl (C=O) groups excluding carboxylic acids is 6. The normalized spacial score (nSPS) is 12.0. The number of Topliss-reactive ketones (excluding diaryl/α,β-unsaturated/α-hetero) is 2. The summed E-state index contributed by atoms with van der Waals surface area (Å²) < 4.78 is 11.0. The second kappa shape index (κ2) is 22.6. The molecule has 5 aromatic carbocycles. The van der Waals surface area contributed by atoms with Crippen LogP contribution in [-0.4, -0.2) is 61.5 Å². The summed E-state index contributed by atoms with van der Waals surface area (Å²) in [6.45, 7) is 2.29. The van der Waals surface area contributed by atoms with Gasteiger partial charge in [-0.05, 0) is 73.5 Å². The Kier molecular flexibility index (Phi) is 17.0. The summed E-state index contributed by atoms with van der Waals surface area (Å²) in [5.74, 6) is -3.98. The molecular weight excluding hydrogens is 910 g/mol. The Labute approximate surface area is 386 Å². The van der Waals surface area contributed by atoms with Gasteiger partial charge in [0.2, 0.25) is 12.1 Å². The number of benzene rings is 5. The van der Waals surface area contributed by atoms with Gasteiger partial charge in [0, 0.05) is 41.0 Å². The van der Waals surface area contributed by atoms with E-state index in [0.717, 1.165) is 13.8 Å². The predicted octanol–water partition coefficient (Wildman–Crippen LogP) is 10.4. The molecule has 2 atom stereocenters. The molecule has 0 aliphatic carbocycles. The van der Waals surface area contributed by atoms with Crippen LogP contribution in [0, 0.1) is 0 Å². The minimum atomic E-state index is -1.67. The lowest BCUT2D eigenvalue weighted by atomic mass is 10.1. The third-order valence-corrected chi connectivity index (χ3v) is 10.3. The number of nitrogens with zero attached hydrogens (tertiary/aromatic N) is 4. The number of hydrogen-bond acceptors (Lipinski definition) is 12. The van der Waals surface area contributed by atoms with Crippen LogP contribution in [0.2, 0.25) is 10.0 Å². The van der Waals surface area contributed by atoms with E-state index in [0.29, 0.717) is 22.5 Å². The Bertz CT molecular complexity index is 2650. The molecule has 0 heterocycles. The third kappa shape index (κ3) is 12.3. The lowest BCUT2D eigenvalue weighted by Crippen LogP contribution is -2.32. The average molecular weight is 949 g/mol. The maximum Gasteiger partial charge on any atom is 0.259 e. The summed E-state index contributed by atoms with van der Waals surface area (Å²) in [7, 11) is 2.56. The van der Waals surface area contributed by atoms with E-state index in [1.807, 2.05) is 0 Å². The summed E-state index contributed by atoms with van der Waals surface area (Å²) in [6, 6.07) is 21.7. The third-order valence-electron chi connectivity index (χ3n) is 9.07. The summed E-state index contributed by atoms with van der Waals surface area (Å²) in [5, 5.41) is 26.9. The molecule has 64 heavy (non-hydrogen) atoms. The molecule has 4 N–H and O–H groups in total. The average Bonchev–Trinajstić information content (AvgIpc) is 3.27. The van der Waals surface area contributed by atoms with Crippen LogP contribution < -0.4 is 30.7 Å². The molecule has 0 saturated heterocycles. The van der Waals surface area contributed by atoms with Crippen molar-refractivity contribution in [2.45, 2.75) is 37.7 Å². The number of hydrogen-bond donors (Lipinski definition) is 4. The highest BCUT2D eigenvalue weighted by molar-refractivity contribution is 6.35. The van der Waals surface area contributed by atoms with Crippen LogP contribution in [-0.2, 0) is 30.9 Å². The Balaban J connectivity index is 1.31. The maximum absolute atomic E-state index is 13.5. The van der Waals surface area contributed by atoms with Gasteiger partial charge in [0.1, 0.15) is 17.2 Å². The number of azo groups is 2. The Morgan fingerprint density at radius 2 is 0.969 bits per heavy atom. The molecule has 0 fully saturated rings. The van der Waals surface area contributed by atoms with Crippen LogP contribution in [0.3, 0.4) is 0 Å². The van der Waals surface area contributed by atoms with Crippen LogP contribution in [0.15, 0.2) is 118 Å². The number of para-hydroxylation sites is 2. The van der Waals surface area contributed by atoms with Crippen molar-refractivity contribution >= 4 is 116 Å². The smallest absolute Gasteiger partial charge is 0.259 e. The first-order chi connectivity index (χ1) is 30.7. The Morgan fingerprint density at radius 1 is 0.562 bits per heavy atom. The van der Waals surface area contributed by atoms with Crippen molar-refractivity contribution in [3.8, 4) is 11.5 Å². The SMILES string of the molecule is COc1cc(NC(=O)C(N=Nc2ccc(Cl)c(C(=O)Nc3ccccc3CCl)c2)C(C)=O)cc(OC)c1NC(=O)C(N=Nc1ccc(Cl)c(C(=O)Nc2ccccc2CCl)c1)C(C)=O. The zero-order valence-corrected chi connectivity index (χ0v) is 37.4. The van der Waals surface area contributed by atoms with Crippen LogP contribution in [0.4, 0.5) is 34.1 Å². The van der Waals surface area contributed by atoms with Crippen molar-refractivity contribution in [1.82, 2.24) is 0 Å². The second-order valence-corrected chi connectivity index (χ2v) is 14.9. The fourth-order valence-corrected chi connectivity index (χ4v) is 6.66. The highest BCUT2D eigenvalue weighted by Crippen LogP contribution is 2.39. The number of ketones is 2. The van der Waals surface area contributed by atoms with E-state index in [2.05, 4.69) is 41.7 Å². The van der Waals surface area contributed by atoms with Gasteiger partial charge in [-0.2, -0.15) is 20.5 Å². The molecule has 16 nitrogen and oxygen atoms in total. The monoisotopic (exact) mass is 946 g/mol. The lowest BCUT2D eigenvalue weighted by Gasteiger charge is -2.18. The molecule has 5 rings (SSSR count). The summed E-state index contributed by atoms with van der Waals surface area (Å²) in [5.41, 5.74) is 2.73. The van der Waals surface area contributed by atoms with Gasteiger partial charge in [-0.3, -0.25) is 28.8 Å². The highest BCUT2D eigenvalue weighted by Gasteiger charge is 2.28. The molecule has 0 aromatic heterocycles. The van der Waals surface area contributed by atoms with Gasteiger partial charge in [0.15, 0.2) is 11.6 Å². The van der Waals surface area contributed by atoms with Crippen molar-refractivity contribution in [2.75, 3.05) is 35.5 Å². The first-order valence-corrected chi connectivity index (χ1v) is 20.7. The van der Waals surface area contributed by atoms with Gasteiger partial charge in [-0.15, -0.1) is 23.2 Å². The van der Waals surface area contributed by atoms with Gasteiger partial charge in [-0.25, -0.2) is 0 Å². The molecule has 5 aromatic rings. The first-order valence-electron chi connectivity index (χ1n) is 18.9. The Morgan fingerprint density at radius 3 is 1.36 bits per heavy atom. The first kappa shape index (κ1) is 48.3. The number of alkyl halides is 2. The standard InChI is InChI=1S/C44H38Cl4N8O8/c1-23(57)38(55-53-27-13-15-32(47)30(17-27)41(59)50-34-11-7-5-9-25(34)21-45)43(61)49-29-19-36(63-3)40(37(20-29)64-4)52-44(62)39(24(2)58)56-54-28-14-16-33(48)31(18-28)42(60)51-35-12-8-6-10-26(35)22-46/h5-20,38-39H,21-22H2,1-4H3,(H,49,61)(H,50,59)(H,51,60)(H,52,62). The predicted molar refractivity (Wildman–Crippen MR) is 246 cm³/mol. The molecule has 0 saturated carbocycles. The van der Waals surface area contributed by atoms with Gasteiger partial charge < -0.3 is 30.7 Å². The van der Waals surface area contributed by atoms with E-state index in [4.69, 9.17) is 55.9 Å². The number of halogens is 4. The van der Waals surface area contributed by atoms with Crippen molar-refractivity contribution in [1.29, 1.82) is 0 Å². The minimum absolute atomic E-state index is 0.0204. The van der Waals surface area contributed by atoms with E-state index >= 15 is 0 Å². The number of methoxy groups -OCH3 is 2. The molecule has 0 radical (unpaired) electrons. The molecule has 330 valence electrons. The zero-order valence-electron chi connectivity index (χ0n) is 34.4. The van der Waals surface area contributed by atoms with Crippen molar-refractivity contribution in [3.05, 3.63) is 129 Å². The Hall–Kier alpha value is -6.72. The summed E-state index contributed by atoms with van der Waals surface area (Å²) in [4.78, 5) is 78.6. The van der Waals surface area contributed by atoms with Crippen molar-refractivity contribution in [3.63, 3.8) is 0 Å². The minimum Gasteiger partial charge on any atom is -0.494 e. The quantitative estimate of drug-likeness (QED) is 0.0375. The highest BCUT2D eigenvalue weighted by atomic mass is 35.5. The number of anilines is 4. The molecule has 0 spiro atoms. The van der Waals surface area contributed by atoms with E-state index in [1.165, 1.54) is 62.8 Å². The zero-order chi connectivity index (χ0) is 46.5. The van der Waals surface area contributed by atoms with Crippen LogP contribution in [0.25, 0.3) is 0 Å². The number of ether oxygens (including phenoxy) is 2. The molecular formula is C44H38Cl4N8O8. The fraction of sp³-hybridized carbons (Fsp3) is 0.182. The second-order valence-electron chi connectivity index (χ2n) is 13.5. The summed E-state index contributed by atoms with van der Waals surface area (Å²) in [6.07, 6.45) is 0. The molecule has 4 amide bonds. The molecule has 2 unspecified atom stereocenters.